The molecule has 7 heteroatoms. The van der Waals surface area contributed by atoms with E-state index >= 15 is 0 Å². The number of nitrogens with one attached hydrogen (secondary N) is 1. The minimum atomic E-state index is -0.666. The zero-order valence-electron chi connectivity index (χ0n) is 11.8. The Balaban J connectivity index is 0.00000220. The van der Waals surface area contributed by atoms with Crippen molar-refractivity contribution in [3.8, 4) is 11.3 Å². The second kappa shape index (κ2) is 8.09. The van der Waals surface area contributed by atoms with Gasteiger partial charge in [0.25, 0.3) is 0 Å². The molecule has 21 heavy (non-hydrogen) atoms. The molecule has 0 aliphatic carbocycles. The highest BCUT2D eigenvalue weighted by Gasteiger charge is 2.13. The molecule has 0 fully saturated rings. The molecule has 0 saturated carbocycles. The van der Waals surface area contributed by atoms with E-state index in [0.717, 1.165) is 16.3 Å². The number of nitrogens with zero attached hydrogens (tertiary/aromatic N) is 1. The molecule has 1 amide bonds. The predicted octanol–water partition coefficient (Wildman–Crippen LogP) is 2.45. The number of benzene rings is 1. The van der Waals surface area contributed by atoms with E-state index in [1.807, 2.05) is 36.6 Å². The summed E-state index contributed by atoms with van der Waals surface area (Å²) in [5, 5.41) is 5.79. The molecule has 0 spiro atoms. The van der Waals surface area contributed by atoms with Crippen molar-refractivity contribution in [3.63, 3.8) is 0 Å². The lowest BCUT2D eigenvalue weighted by Crippen LogP contribution is -2.39. The number of amides is 1. The third kappa shape index (κ3) is 4.78. The van der Waals surface area contributed by atoms with Gasteiger partial charge in [-0.3, -0.25) is 4.79 Å². The first-order chi connectivity index (χ1) is 9.60. The van der Waals surface area contributed by atoms with Gasteiger partial charge in [-0.15, -0.1) is 23.7 Å². The van der Waals surface area contributed by atoms with E-state index in [1.165, 1.54) is 7.11 Å². The van der Waals surface area contributed by atoms with Gasteiger partial charge in [-0.25, -0.2) is 4.98 Å². The predicted molar refractivity (Wildman–Crippen MR) is 88.0 cm³/mol. The number of carbonyl (C=O) groups excluding carboxylic acids is 1. The van der Waals surface area contributed by atoms with E-state index < -0.39 is 6.04 Å². The molecule has 0 aliphatic heterocycles. The van der Waals surface area contributed by atoms with Crippen LogP contribution in [0.5, 0.6) is 0 Å². The summed E-state index contributed by atoms with van der Waals surface area (Å²) in [6.07, 6.45) is 0. The second-order valence-corrected chi connectivity index (χ2v) is 5.44. The summed E-state index contributed by atoms with van der Waals surface area (Å²) in [6, 6.07) is 6.85. The molecule has 1 atom stereocenters. The number of methoxy groups -OCH3 is 1. The fourth-order valence-electron chi connectivity index (χ4n) is 1.71. The highest BCUT2D eigenvalue weighted by atomic mass is 35.5. The van der Waals surface area contributed by atoms with Crippen molar-refractivity contribution in [2.45, 2.75) is 13.0 Å². The van der Waals surface area contributed by atoms with E-state index in [0.29, 0.717) is 5.69 Å². The maximum absolute atomic E-state index is 11.7. The Morgan fingerprint density at radius 2 is 2.10 bits per heavy atom. The number of thiazole rings is 1. The van der Waals surface area contributed by atoms with Crippen molar-refractivity contribution < 1.29 is 9.53 Å². The molecule has 2 aromatic rings. The van der Waals surface area contributed by atoms with Crippen LogP contribution in [0.1, 0.15) is 5.01 Å². The van der Waals surface area contributed by atoms with Gasteiger partial charge < -0.3 is 15.8 Å². The van der Waals surface area contributed by atoms with Crippen LogP contribution in [-0.4, -0.2) is 30.6 Å². The minimum absolute atomic E-state index is 0. The molecule has 114 valence electrons. The fourth-order valence-corrected chi connectivity index (χ4v) is 2.33. The molecular weight excluding hydrogens is 310 g/mol. The lowest BCUT2D eigenvalue weighted by atomic mass is 10.1. The van der Waals surface area contributed by atoms with Gasteiger partial charge in [-0.2, -0.15) is 0 Å². The van der Waals surface area contributed by atoms with Crippen molar-refractivity contribution >= 4 is 35.3 Å². The second-order valence-electron chi connectivity index (χ2n) is 4.38. The van der Waals surface area contributed by atoms with Gasteiger partial charge in [0.1, 0.15) is 6.04 Å². The van der Waals surface area contributed by atoms with Crippen LogP contribution in [-0.2, 0) is 9.53 Å². The first-order valence-corrected chi connectivity index (χ1v) is 7.06. The Hall–Kier alpha value is -1.47. The van der Waals surface area contributed by atoms with Crippen molar-refractivity contribution in [1.29, 1.82) is 0 Å². The van der Waals surface area contributed by atoms with Gasteiger partial charge in [0.05, 0.1) is 17.3 Å². The van der Waals surface area contributed by atoms with E-state index in [2.05, 4.69) is 10.3 Å². The fraction of sp³-hybridized carbons (Fsp3) is 0.286. The number of anilines is 1. The lowest BCUT2D eigenvalue weighted by molar-refractivity contribution is -0.118. The van der Waals surface area contributed by atoms with Crippen LogP contribution in [0.4, 0.5) is 5.69 Å². The number of rotatable bonds is 5. The van der Waals surface area contributed by atoms with E-state index in [4.69, 9.17) is 10.5 Å². The topological polar surface area (TPSA) is 77.2 Å². The average Bonchev–Trinajstić information content (AvgIpc) is 2.86. The number of aromatic nitrogens is 1. The van der Waals surface area contributed by atoms with Crippen LogP contribution in [0.2, 0.25) is 0 Å². The minimum Gasteiger partial charge on any atom is -0.383 e. The summed E-state index contributed by atoms with van der Waals surface area (Å²) in [5.74, 6) is -0.260. The van der Waals surface area contributed by atoms with Gasteiger partial charge >= 0.3 is 0 Å². The molecule has 0 saturated heterocycles. The summed E-state index contributed by atoms with van der Waals surface area (Å²) in [6.45, 7) is 2.17. The summed E-state index contributed by atoms with van der Waals surface area (Å²) in [7, 11) is 1.51. The zero-order chi connectivity index (χ0) is 14.5. The van der Waals surface area contributed by atoms with E-state index in [1.54, 1.807) is 11.3 Å². The summed E-state index contributed by atoms with van der Waals surface area (Å²) in [5.41, 5.74) is 8.33. The molecule has 0 radical (unpaired) electrons. The first kappa shape index (κ1) is 17.6. The Kier molecular flexibility index (Phi) is 6.77. The molecule has 3 N–H and O–H groups in total. The number of carbonyl (C=O) groups is 1. The highest BCUT2D eigenvalue weighted by molar-refractivity contribution is 7.09. The third-order valence-electron chi connectivity index (χ3n) is 2.75. The molecule has 1 heterocycles. The number of halogens is 1. The smallest absolute Gasteiger partial charge is 0.243 e. The van der Waals surface area contributed by atoms with Crippen LogP contribution >= 0.6 is 23.7 Å². The average molecular weight is 328 g/mol. The van der Waals surface area contributed by atoms with Crippen LogP contribution in [0, 0.1) is 6.92 Å². The maximum Gasteiger partial charge on any atom is 0.243 e. The summed E-state index contributed by atoms with van der Waals surface area (Å²) < 4.78 is 4.85. The normalized spacial score (nSPS) is 11.6. The monoisotopic (exact) mass is 327 g/mol. The van der Waals surface area contributed by atoms with Crippen molar-refractivity contribution in [1.82, 2.24) is 4.98 Å². The molecule has 1 aromatic heterocycles. The van der Waals surface area contributed by atoms with Gasteiger partial charge in [0.2, 0.25) is 5.91 Å². The SMILES string of the molecule is COCC(N)C(=O)Nc1ccc(-c2csc(C)n2)cc1.Cl. The van der Waals surface area contributed by atoms with Crippen LogP contribution in [0.25, 0.3) is 11.3 Å². The molecule has 5 nitrogen and oxygen atoms in total. The molecule has 0 aliphatic rings. The Morgan fingerprint density at radius 3 is 2.62 bits per heavy atom. The van der Waals surface area contributed by atoms with Crippen molar-refractivity contribution in [3.05, 3.63) is 34.7 Å². The zero-order valence-corrected chi connectivity index (χ0v) is 13.5. The lowest BCUT2D eigenvalue weighted by Gasteiger charge is -2.11. The number of ether oxygens (including phenoxy) is 1. The van der Waals surface area contributed by atoms with E-state index in [-0.39, 0.29) is 24.9 Å². The van der Waals surface area contributed by atoms with Crippen LogP contribution in [0.15, 0.2) is 29.6 Å². The molecule has 0 bridgehead atoms. The summed E-state index contributed by atoms with van der Waals surface area (Å²) >= 11 is 1.61. The van der Waals surface area contributed by atoms with Gasteiger partial charge in [0, 0.05) is 23.7 Å². The van der Waals surface area contributed by atoms with Gasteiger partial charge in [0.15, 0.2) is 0 Å². The number of aryl methyl sites for hydroxylation is 1. The number of hydrogen-bond acceptors (Lipinski definition) is 5. The molecule has 1 unspecified atom stereocenters. The van der Waals surface area contributed by atoms with Crippen LogP contribution in [0.3, 0.4) is 0 Å². The standard InChI is InChI=1S/C14H17N3O2S.ClH/c1-9-16-13(8-20-9)10-3-5-11(6-4-10)17-14(18)12(15)7-19-2;/h3-6,8,12H,7,15H2,1-2H3,(H,17,18);1H. The Bertz CT molecular complexity index is 586. The third-order valence-corrected chi connectivity index (χ3v) is 3.52. The quantitative estimate of drug-likeness (QED) is 0.884. The van der Waals surface area contributed by atoms with Crippen molar-refractivity contribution in [2.24, 2.45) is 5.73 Å². The Morgan fingerprint density at radius 1 is 1.43 bits per heavy atom. The highest BCUT2D eigenvalue weighted by Crippen LogP contribution is 2.23. The molecule has 1 aromatic carbocycles. The maximum atomic E-state index is 11.7. The van der Waals surface area contributed by atoms with Gasteiger partial charge in [-0.1, -0.05) is 12.1 Å². The first-order valence-electron chi connectivity index (χ1n) is 6.18. The van der Waals surface area contributed by atoms with E-state index in [9.17, 15) is 4.79 Å². The van der Waals surface area contributed by atoms with Crippen molar-refractivity contribution in [2.75, 3.05) is 19.0 Å². The largest absolute Gasteiger partial charge is 0.383 e. The summed E-state index contributed by atoms with van der Waals surface area (Å²) in [4.78, 5) is 16.2. The van der Waals surface area contributed by atoms with Gasteiger partial charge in [-0.05, 0) is 19.1 Å². The number of hydrogen-bond donors (Lipinski definition) is 2. The number of nitrogens with two attached hydrogens (primary N) is 1. The molecular formula is C14H18ClN3O2S. The van der Waals surface area contributed by atoms with Crippen LogP contribution < -0.4 is 11.1 Å². The molecule has 2 rings (SSSR count). The Labute approximate surface area is 133 Å².